The molecule has 0 bridgehead atoms. The number of carbonyl (C=O) groups is 1. The highest BCUT2D eigenvalue weighted by Crippen LogP contribution is 2.25. The van der Waals surface area contributed by atoms with Crippen LogP contribution in [-0.4, -0.2) is 18.4 Å². The van der Waals surface area contributed by atoms with Crippen LogP contribution in [0.5, 0.6) is 0 Å². The van der Waals surface area contributed by atoms with Crippen LogP contribution in [0.1, 0.15) is 40.0 Å². The highest BCUT2D eigenvalue weighted by Gasteiger charge is 2.25. The fraction of sp³-hybridized carbons (Fsp3) is 0.533. The second-order valence-electron chi connectivity index (χ2n) is 4.71. The summed E-state index contributed by atoms with van der Waals surface area (Å²) in [5, 5.41) is 0. The van der Waals surface area contributed by atoms with Crippen molar-refractivity contribution in [3.8, 4) is 0 Å². The van der Waals surface area contributed by atoms with Crippen molar-refractivity contribution >= 4 is 5.97 Å². The van der Waals surface area contributed by atoms with Gasteiger partial charge in [0.15, 0.2) is 0 Å². The number of carbonyl (C=O) groups excluding carboxylic acids is 1. The fourth-order valence-electron chi connectivity index (χ4n) is 1.88. The molecule has 18 heavy (non-hydrogen) atoms. The molecule has 1 saturated heterocycles. The van der Waals surface area contributed by atoms with E-state index in [0.717, 1.165) is 24.8 Å². The van der Waals surface area contributed by atoms with Crippen molar-refractivity contribution in [2.24, 2.45) is 0 Å². The molecular weight excluding hydrogens is 228 g/mol. The van der Waals surface area contributed by atoms with Gasteiger partial charge in [-0.15, -0.1) is 0 Å². The summed E-state index contributed by atoms with van der Waals surface area (Å²) < 4.78 is 10.9. The predicted octanol–water partition coefficient (Wildman–Crippen LogP) is 3.52. The van der Waals surface area contributed by atoms with E-state index >= 15 is 0 Å². The predicted molar refractivity (Wildman–Crippen MR) is 72.0 cm³/mol. The summed E-state index contributed by atoms with van der Waals surface area (Å²) in [7, 11) is 0. The van der Waals surface area contributed by atoms with Gasteiger partial charge in [-0.3, -0.25) is 4.79 Å². The first-order valence-electron chi connectivity index (χ1n) is 6.33. The van der Waals surface area contributed by atoms with E-state index < -0.39 is 6.29 Å². The second-order valence-corrected chi connectivity index (χ2v) is 4.71. The Bertz CT molecular complexity index is 362. The Morgan fingerprint density at radius 2 is 2.00 bits per heavy atom. The quantitative estimate of drug-likeness (QED) is 0.565. The van der Waals surface area contributed by atoms with E-state index in [9.17, 15) is 4.79 Å². The molecule has 0 radical (unpaired) electrons. The standard InChI is InChI=1S/C15H22O3/c1-5-13(10-9-11(2)3)14-7-6-8-15(18-14)17-12(4)16/h5,9-10,14-15H,1,6-8H2,2-4H3/b13-10+. The summed E-state index contributed by atoms with van der Waals surface area (Å²) in [6.07, 6.45) is 8.10. The molecule has 0 N–H and O–H groups in total. The molecule has 1 fully saturated rings. The van der Waals surface area contributed by atoms with Gasteiger partial charge < -0.3 is 9.47 Å². The van der Waals surface area contributed by atoms with E-state index in [-0.39, 0.29) is 12.1 Å². The number of allylic oxidation sites excluding steroid dienone is 3. The zero-order chi connectivity index (χ0) is 13.5. The number of esters is 1. The molecule has 0 saturated carbocycles. The number of rotatable bonds is 4. The maximum atomic E-state index is 10.9. The highest BCUT2D eigenvalue weighted by molar-refractivity contribution is 5.66. The van der Waals surface area contributed by atoms with Crippen molar-refractivity contribution in [1.29, 1.82) is 0 Å². The molecule has 0 aromatic rings. The van der Waals surface area contributed by atoms with Crippen LogP contribution in [0, 0.1) is 0 Å². The van der Waals surface area contributed by atoms with Gasteiger partial charge in [0.1, 0.15) is 0 Å². The molecular formula is C15H22O3. The monoisotopic (exact) mass is 250 g/mol. The average molecular weight is 250 g/mol. The van der Waals surface area contributed by atoms with Crippen molar-refractivity contribution in [2.45, 2.75) is 52.4 Å². The maximum Gasteiger partial charge on any atom is 0.304 e. The molecule has 100 valence electrons. The zero-order valence-electron chi connectivity index (χ0n) is 11.4. The van der Waals surface area contributed by atoms with Gasteiger partial charge in [0.2, 0.25) is 6.29 Å². The average Bonchev–Trinajstić information content (AvgIpc) is 2.29. The molecule has 3 heteroatoms. The largest absolute Gasteiger partial charge is 0.436 e. The van der Waals surface area contributed by atoms with E-state index in [1.807, 2.05) is 26.0 Å². The van der Waals surface area contributed by atoms with Gasteiger partial charge in [-0.05, 0) is 32.3 Å². The Morgan fingerprint density at radius 1 is 1.28 bits per heavy atom. The Kier molecular flexibility index (Phi) is 5.86. The molecule has 1 aliphatic rings. The summed E-state index contributed by atoms with van der Waals surface area (Å²) in [5.41, 5.74) is 2.26. The third-order valence-corrected chi connectivity index (χ3v) is 2.74. The van der Waals surface area contributed by atoms with E-state index in [1.165, 1.54) is 12.5 Å². The van der Waals surface area contributed by atoms with Crippen molar-refractivity contribution in [3.63, 3.8) is 0 Å². The van der Waals surface area contributed by atoms with Gasteiger partial charge in [0.25, 0.3) is 0 Å². The lowest BCUT2D eigenvalue weighted by atomic mass is 10.00. The van der Waals surface area contributed by atoms with E-state index in [0.29, 0.717) is 0 Å². The topological polar surface area (TPSA) is 35.5 Å². The van der Waals surface area contributed by atoms with E-state index in [1.54, 1.807) is 6.08 Å². The SMILES string of the molecule is C=C/C(=C\C=C(C)C)C1CCCC(OC(C)=O)O1. The minimum atomic E-state index is -0.420. The first-order chi connectivity index (χ1) is 8.52. The van der Waals surface area contributed by atoms with Crippen LogP contribution in [0.25, 0.3) is 0 Å². The van der Waals surface area contributed by atoms with Crippen LogP contribution in [0.2, 0.25) is 0 Å². The molecule has 1 rings (SSSR count). The lowest BCUT2D eigenvalue weighted by Gasteiger charge is -2.30. The lowest BCUT2D eigenvalue weighted by Crippen LogP contribution is -2.31. The van der Waals surface area contributed by atoms with E-state index in [4.69, 9.17) is 9.47 Å². The molecule has 0 aromatic heterocycles. The Morgan fingerprint density at radius 3 is 2.56 bits per heavy atom. The fourth-order valence-corrected chi connectivity index (χ4v) is 1.88. The summed E-state index contributed by atoms with van der Waals surface area (Å²) in [6, 6.07) is 0. The van der Waals surface area contributed by atoms with E-state index in [2.05, 4.69) is 6.58 Å². The third-order valence-electron chi connectivity index (χ3n) is 2.74. The van der Waals surface area contributed by atoms with Crippen molar-refractivity contribution in [2.75, 3.05) is 0 Å². The normalized spacial score (nSPS) is 24.3. The van der Waals surface area contributed by atoms with Crippen molar-refractivity contribution in [3.05, 3.63) is 36.0 Å². The minimum absolute atomic E-state index is 0.0313. The second kappa shape index (κ2) is 7.17. The molecule has 1 aliphatic heterocycles. The van der Waals surface area contributed by atoms with Crippen LogP contribution in [-0.2, 0) is 14.3 Å². The number of ether oxygens (including phenoxy) is 2. The lowest BCUT2D eigenvalue weighted by molar-refractivity contribution is -0.194. The van der Waals surface area contributed by atoms with Crippen LogP contribution in [0.3, 0.4) is 0 Å². The Balaban J connectivity index is 2.69. The third kappa shape index (κ3) is 4.88. The molecule has 1 heterocycles. The highest BCUT2D eigenvalue weighted by atomic mass is 16.7. The Labute approximate surface area is 109 Å². The van der Waals surface area contributed by atoms with Gasteiger partial charge in [-0.2, -0.15) is 0 Å². The molecule has 0 aromatic carbocycles. The first kappa shape index (κ1) is 14.7. The molecule has 0 spiro atoms. The summed E-state index contributed by atoms with van der Waals surface area (Å²) in [5.74, 6) is -0.297. The minimum Gasteiger partial charge on any atom is -0.436 e. The molecule has 3 nitrogen and oxygen atoms in total. The van der Waals surface area contributed by atoms with Gasteiger partial charge in [0.05, 0.1) is 6.10 Å². The summed E-state index contributed by atoms with van der Waals surface area (Å²) in [6.45, 7) is 9.30. The van der Waals surface area contributed by atoms with Gasteiger partial charge in [-0.1, -0.05) is 30.4 Å². The smallest absolute Gasteiger partial charge is 0.304 e. The van der Waals surface area contributed by atoms with Crippen LogP contribution in [0.15, 0.2) is 36.0 Å². The van der Waals surface area contributed by atoms with Gasteiger partial charge in [-0.25, -0.2) is 0 Å². The number of hydrogen-bond donors (Lipinski definition) is 0. The van der Waals surface area contributed by atoms with Crippen LogP contribution < -0.4 is 0 Å². The Hall–Kier alpha value is -1.35. The van der Waals surface area contributed by atoms with Crippen LogP contribution >= 0.6 is 0 Å². The maximum absolute atomic E-state index is 10.9. The zero-order valence-corrected chi connectivity index (χ0v) is 11.4. The van der Waals surface area contributed by atoms with Crippen LogP contribution in [0.4, 0.5) is 0 Å². The van der Waals surface area contributed by atoms with Crippen molar-refractivity contribution in [1.82, 2.24) is 0 Å². The summed E-state index contributed by atoms with van der Waals surface area (Å²) in [4.78, 5) is 10.9. The molecule has 0 aliphatic carbocycles. The van der Waals surface area contributed by atoms with Gasteiger partial charge in [0, 0.05) is 13.3 Å². The molecule has 2 atom stereocenters. The molecule has 0 amide bonds. The first-order valence-corrected chi connectivity index (χ1v) is 6.33. The summed E-state index contributed by atoms with van der Waals surface area (Å²) >= 11 is 0. The number of hydrogen-bond acceptors (Lipinski definition) is 3. The molecule has 2 unspecified atom stereocenters. The van der Waals surface area contributed by atoms with Gasteiger partial charge >= 0.3 is 5.97 Å². The van der Waals surface area contributed by atoms with Crippen molar-refractivity contribution < 1.29 is 14.3 Å².